The van der Waals surface area contributed by atoms with Crippen molar-refractivity contribution in [3.8, 4) is 18.2 Å². The van der Waals surface area contributed by atoms with Gasteiger partial charge in [-0.1, -0.05) is 24.6 Å². The topological polar surface area (TPSA) is 102 Å². The van der Waals surface area contributed by atoms with E-state index in [1.165, 1.54) is 24.0 Å². The molecule has 31 heavy (non-hydrogen) atoms. The van der Waals surface area contributed by atoms with Gasteiger partial charge in [-0.25, -0.2) is 18.7 Å². The number of halogens is 2. The normalized spacial score (nSPS) is 20.5. The molecule has 162 valence electrons. The molecule has 0 unspecified atom stereocenters. The van der Waals surface area contributed by atoms with E-state index < -0.39 is 23.1 Å². The number of aromatic nitrogens is 2. The number of rotatable bonds is 5. The second kappa shape index (κ2) is 8.89. The number of thioether (sulfide) groups is 1. The lowest BCUT2D eigenvalue weighted by molar-refractivity contribution is 0.102. The maximum absolute atomic E-state index is 14.7. The van der Waals surface area contributed by atoms with E-state index in [0.717, 1.165) is 6.07 Å². The van der Waals surface area contributed by atoms with Gasteiger partial charge < -0.3 is 15.8 Å². The van der Waals surface area contributed by atoms with E-state index in [9.17, 15) is 13.6 Å². The van der Waals surface area contributed by atoms with Crippen LogP contribution in [-0.2, 0) is 5.54 Å². The zero-order valence-electron chi connectivity index (χ0n) is 17.2. The third kappa shape index (κ3) is 4.94. The molecule has 1 aliphatic heterocycles. The minimum atomic E-state index is -1.10. The van der Waals surface area contributed by atoms with Gasteiger partial charge in [-0.15, -0.1) is 6.42 Å². The number of aryl methyl sites for hydroxylation is 1. The molecular weight excluding hydrogens is 424 g/mol. The summed E-state index contributed by atoms with van der Waals surface area (Å²) in [6.07, 6.45) is 6.84. The average Bonchev–Trinajstić information content (AvgIpc) is 2.67. The summed E-state index contributed by atoms with van der Waals surface area (Å²) in [7, 11) is 0. The molecule has 0 fully saturated rings. The third-order valence-corrected chi connectivity index (χ3v) is 5.58. The SMILES string of the molecule is C#CCOc1cnc(C(=O)Nc2cc(F)c(F)c([C@]3(C)C[C@@H](C)SC(N)=N3)c2)c(C)n1. The number of anilines is 1. The summed E-state index contributed by atoms with van der Waals surface area (Å²) in [6, 6.07) is 2.27. The lowest BCUT2D eigenvalue weighted by Crippen LogP contribution is -2.33. The van der Waals surface area contributed by atoms with E-state index in [4.69, 9.17) is 16.9 Å². The fraction of sp³-hybridized carbons (Fsp3) is 0.333. The Bertz CT molecular complexity index is 1100. The van der Waals surface area contributed by atoms with Gasteiger partial charge in [0.25, 0.3) is 5.91 Å². The summed E-state index contributed by atoms with van der Waals surface area (Å²) in [5, 5.41) is 2.91. The fourth-order valence-electron chi connectivity index (χ4n) is 3.40. The lowest BCUT2D eigenvalue weighted by atomic mass is 9.87. The van der Waals surface area contributed by atoms with Gasteiger partial charge in [0.15, 0.2) is 23.4 Å². The number of hydrogen-bond acceptors (Lipinski definition) is 7. The zero-order chi connectivity index (χ0) is 22.8. The number of terminal acetylenes is 1. The number of nitrogens with zero attached hydrogens (tertiary/aromatic N) is 3. The number of aliphatic imine (C=N–C) groups is 1. The Morgan fingerprint density at radius 2 is 2.23 bits per heavy atom. The van der Waals surface area contributed by atoms with Crippen molar-refractivity contribution in [1.82, 2.24) is 9.97 Å². The van der Waals surface area contributed by atoms with Gasteiger partial charge >= 0.3 is 0 Å². The summed E-state index contributed by atoms with van der Waals surface area (Å²) in [6.45, 7) is 5.20. The minimum absolute atomic E-state index is 0.00973. The van der Waals surface area contributed by atoms with Crippen LogP contribution < -0.4 is 15.8 Å². The maximum atomic E-state index is 14.7. The summed E-state index contributed by atoms with van der Waals surface area (Å²) < 4.78 is 34.2. The molecule has 0 spiro atoms. The second-order valence-electron chi connectivity index (χ2n) is 7.27. The molecule has 2 aromatic rings. The highest BCUT2D eigenvalue weighted by molar-refractivity contribution is 8.14. The minimum Gasteiger partial charge on any atom is -0.463 e. The Kier molecular flexibility index (Phi) is 6.45. The molecule has 1 aromatic carbocycles. The highest BCUT2D eigenvalue weighted by Gasteiger charge is 2.36. The van der Waals surface area contributed by atoms with Crippen LogP contribution in [0.1, 0.15) is 42.0 Å². The molecule has 10 heteroatoms. The Morgan fingerprint density at radius 1 is 1.48 bits per heavy atom. The Morgan fingerprint density at radius 3 is 2.87 bits per heavy atom. The van der Waals surface area contributed by atoms with E-state index in [2.05, 4.69) is 26.2 Å². The van der Waals surface area contributed by atoms with E-state index in [-0.39, 0.29) is 40.4 Å². The van der Waals surface area contributed by atoms with Crippen molar-refractivity contribution in [3.63, 3.8) is 0 Å². The van der Waals surface area contributed by atoms with E-state index >= 15 is 0 Å². The predicted octanol–water partition coefficient (Wildman–Crippen LogP) is 3.38. The Hall–Kier alpha value is -3.19. The highest BCUT2D eigenvalue weighted by atomic mass is 32.2. The molecule has 1 aliphatic rings. The van der Waals surface area contributed by atoms with Gasteiger partial charge in [-0.2, -0.15) is 0 Å². The van der Waals surface area contributed by atoms with Crippen LogP contribution in [0.15, 0.2) is 23.3 Å². The number of benzene rings is 1. The first kappa shape index (κ1) is 22.5. The smallest absolute Gasteiger partial charge is 0.276 e. The van der Waals surface area contributed by atoms with Crippen molar-refractivity contribution >= 4 is 28.5 Å². The van der Waals surface area contributed by atoms with Gasteiger partial charge in [0.1, 0.15) is 5.69 Å². The van der Waals surface area contributed by atoms with Crippen LogP contribution in [-0.4, -0.2) is 32.9 Å². The standard InChI is InChI=1S/C21H21F2N5O2S/c1-5-6-30-16-10-25-18(12(3)26-16)19(29)27-13-7-14(17(23)15(22)8-13)21(4)9-11(2)31-20(24)28-21/h1,7-8,10-11H,6,9H2,2-4H3,(H2,24,28)(H,27,29)/t11-,21+/m1/s1. The number of hydrogen-bond donors (Lipinski definition) is 2. The second-order valence-corrected chi connectivity index (χ2v) is 8.72. The number of nitrogens with two attached hydrogens (primary N) is 1. The molecule has 0 saturated carbocycles. The van der Waals surface area contributed by atoms with E-state index in [1.807, 2.05) is 6.92 Å². The van der Waals surface area contributed by atoms with Crippen molar-refractivity contribution in [1.29, 1.82) is 0 Å². The van der Waals surface area contributed by atoms with Crippen LogP contribution in [0.3, 0.4) is 0 Å². The van der Waals surface area contributed by atoms with Crippen LogP contribution >= 0.6 is 11.8 Å². The molecule has 2 atom stereocenters. The molecule has 3 N–H and O–H groups in total. The molecular formula is C21H21F2N5O2S. The lowest BCUT2D eigenvalue weighted by Gasteiger charge is -2.33. The van der Waals surface area contributed by atoms with E-state index in [1.54, 1.807) is 13.8 Å². The van der Waals surface area contributed by atoms with Crippen molar-refractivity contribution in [2.45, 2.75) is 38.0 Å². The largest absolute Gasteiger partial charge is 0.463 e. The van der Waals surface area contributed by atoms with Crippen molar-refractivity contribution < 1.29 is 18.3 Å². The monoisotopic (exact) mass is 445 g/mol. The van der Waals surface area contributed by atoms with Gasteiger partial charge in [-0.05, 0) is 26.3 Å². The van der Waals surface area contributed by atoms with Crippen LogP contribution in [0.5, 0.6) is 5.88 Å². The van der Waals surface area contributed by atoms with Gasteiger partial charge in [-0.3, -0.25) is 9.79 Å². The molecule has 0 aliphatic carbocycles. The molecule has 0 bridgehead atoms. The van der Waals surface area contributed by atoms with Crippen LogP contribution in [0, 0.1) is 30.9 Å². The molecule has 0 saturated heterocycles. The van der Waals surface area contributed by atoms with Gasteiger partial charge in [0.05, 0.1) is 17.4 Å². The van der Waals surface area contributed by atoms with Crippen molar-refractivity contribution in [2.24, 2.45) is 10.7 Å². The highest BCUT2D eigenvalue weighted by Crippen LogP contribution is 2.41. The number of nitrogens with one attached hydrogen (secondary N) is 1. The molecule has 3 rings (SSSR count). The molecule has 1 amide bonds. The molecule has 1 aromatic heterocycles. The van der Waals surface area contributed by atoms with Gasteiger partial charge in [0, 0.05) is 22.6 Å². The molecule has 7 nitrogen and oxygen atoms in total. The van der Waals surface area contributed by atoms with Gasteiger partial charge in [0.2, 0.25) is 5.88 Å². The molecule has 2 heterocycles. The quantitative estimate of drug-likeness (QED) is 0.684. The predicted molar refractivity (Wildman–Crippen MR) is 116 cm³/mol. The number of carbonyl (C=O) groups excluding carboxylic acids is 1. The summed E-state index contributed by atoms with van der Waals surface area (Å²) in [5.74, 6) is -0.283. The molecule has 0 radical (unpaired) electrons. The summed E-state index contributed by atoms with van der Waals surface area (Å²) >= 11 is 1.37. The number of ether oxygens (including phenoxy) is 1. The average molecular weight is 445 g/mol. The number of amidine groups is 1. The Balaban J connectivity index is 1.90. The van der Waals surface area contributed by atoms with Crippen LogP contribution in [0.2, 0.25) is 0 Å². The Labute approximate surface area is 182 Å². The third-order valence-electron chi connectivity index (χ3n) is 4.67. The fourth-order valence-corrected chi connectivity index (χ4v) is 4.48. The zero-order valence-corrected chi connectivity index (χ0v) is 18.0. The van der Waals surface area contributed by atoms with E-state index in [0.29, 0.717) is 11.6 Å². The first-order valence-electron chi connectivity index (χ1n) is 9.35. The van der Waals surface area contributed by atoms with Crippen molar-refractivity contribution in [2.75, 3.05) is 11.9 Å². The summed E-state index contributed by atoms with van der Waals surface area (Å²) in [4.78, 5) is 25.2. The first-order chi connectivity index (χ1) is 14.6. The van der Waals surface area contributed by atoms with Crippen LogP contribution in [0.25, 0.3) is 0 Å². The van der Waals surface area contributed by atoms with Crippen molar-refractivity contribution in [3.05, 3.63) is 46.9 Å². The summed E-state index contributed by atoms with van der Waals surface area (Å²) in [5.41, 5.74) is 5.18. The first-order valence-corrected chi connectivity index (χ1v) is 10.2. The maximum Gasteiger partial charge on any atom is 0.276 e. The van der Waals surface area contributed by atoms with Crippen LogP contribution in [0.4, 0.5) is 14.5 Å². The number of amides is 1. The number of carbonyl (C=O) groups is 1.